The topological polar surface area (TPSA) is 67.1 Å². The molecule has 3 N–H and O–H groups in total. The van der Waals surface area contributed by atoms with Crippen LogP contribution in [-0.4, -0.2) is 41.0 Å². The molecule has 1 unspecified atom stereocenters. The number of rotatable bonds is 5. The van der Waals surface area contributed by atoms with Crippen LogP contribution in [0.1, 0.15) is 31.2 Å². The van der Waals surface area contributed by atoms with Gasteiger partial charge in [0.2, 0.25) is 0 Å². The molecule has 1 aliphatic rings. The zero-order chi connectivity index (χ0) is 13.8. The number of hydrogen-bond donors (Lipinski definition) is 2. The summed E-state index contributed by atoms with van der Waals surface area (Å²) in [6, 6.07) is 0. The zero-order valence-electron chi connectivity index (χ0n) is 12.2. The highest BCUT2D eigenvalue weighted by atomic mass is 15.1. The van der Waals surface area contributed by atoms with Gasteiger partial charge in [0.15, 0.2) is 0 Å². The number of nitrogens with two attached hydrogens (primary N) is 1. The highest BCUT2D eigenvalue weighted by Gasteiger charge is 2.15. The van der Waals surface area contributed by atoms with Crippen LogP contribution in [0.3, 0.4) is 0 Å². The molecule has 2 heterocycles. The quantitative estimate of drug-likeness (QED) is 0.848. The molecule has 5 heteroatoms. The first-order chi connectivity index (χ1) is 9.06. The van der Waals surface area contributed by atoms with Crippen molar-refractivity contribution in [1.29, 1.82) is 0 Å². The number of nitrogens with one attached hydrogen (secondary N) is 1. The Balaban J connectivity index is 1.87. The van der Waals surface area contributed by atoms with Gasteiger partial charge in [0.1, 0.15) is 17.5 Å². The van der Waals surface area contributed by atoms with Gasteiger partial charge in [0.25, 0.3) is 0 Å². The van der Waals surface area contributed by atoms with Gasteiger partial charge in [-0.05, 0) is 45.7 Å². The third-order valence-electron chi connectivity index (χ3n) is 3.68. The molecular weight excluding hydrogens is 238 g/mol. The monoisotopic (exact) mass is 263 g/mol. The summed E-state index contributed by atoms with van der Waals surface area (Å²) in [4.78, 5) is 11.1. The van der Waals surface area contributed by atoms with Crippen LogP contribution in [-0.2, 0) is 0 Å². The molecule has 1 aromatic rings. The van der Waals surface area contributed by atoms with Crippen molar-refractivity contribution in [2.45, 2.75) is 33.6 Å². The molecule has 19 heavy (non-hydrogen) atoms. The number of aryl methyl sites for hydroxylation is 1. The minimum absolute atomic E-state index is 0.571. The number of nitrogens with zero attached hydrogens (tertiary/aromatic N) is 3. The van der Waals surface area contributed by atoms with Crippen LogP contribution < -0.4 is 11.1 Å². The van der Waals surface area contributed by atoms with E-state index in [4.69, 9.17) is 5.73 Å². The first kappa shape index (κ1) is 14.1. The van der Waals surface area contributed by atoms with Crippen LogP contribution in [0, 0.1) is 19.8 Å². The van der Waals surface area contributed by atoms with Crippen molar-refractivity contribution >= 4 is 11.6 Å². The van der Waals surface area contributed by atoms with Crippen molar-refractivity contribution < 1.29 is 0 Å². The lowest BCUT2D eigenvalue weighted by atomic mass is 10.1. The Kier molecular flexibility index (Phi) is 4.58. The highest BCUT2D eigenvalue weighted by molar-refractivity contribution is 5.54. The van der Waals surface area contributed by atoms with E-state index in [0.29, 0.717) is 11.7 Å². The molecule has 0 bridgehead atoms. The molecule has 1 saturated heterocycles. The van der Waals surface area contributed by atoms with Crippen molar-refractivity contribution in [2.75, 3.05) is 37.2 Å². The lowest BCUT2D eigenvalue weighted by molar-refractivity contribution is 0.294. The molecule has 1 atom stereocenters. The van der Waals surface area contributed by atoms with Gasteiger partial charge in [0, 0.05) is 18.7 Å². The minimum atomic E-state index is 0.571. The summed E-state index contributed by atoms with van der Waals surface area (Å²) >= 11 is 0. The summed E-state index contributed by atoms with van der Waals surface area (Å²) in [5.74, 6) is 2.77. The molecule has 5 nitrogen and oxygen atoms in total. The average Bonchev–Trinajstić information content (AvgIpc) is 2.84. The van der Waals surface area contributed by atoms with Crippen LogP contribution in [0.4, 0.5) is 11.6 Å². The van der Waals surface area contributed by atoms with Gasteiger partial charge >= 0.3 is 0 Å². The van der Waals surface area contributed by atoms with Crippen LogP contribution in [0.5, 0.6) is 0 Å². The summed E-state index contributed by atoms with van der Waals surface area (Å²) in [5, 5.41) is 3.41. The maximum Gasteiger partial charge on any atom is 0.134 e. The Morgan fingerprint density at radius 1 is 1.26 bits per heavy atom. The standard InChI is InChI=1S/C14H25N5/c1-10(9-19-6-4-5-7-19)8-16-14-11(2)13(15)17-12(3)18-14/h10H,4-9H2,1-3H3,(H3,15,16,17,18). The van der Waals surface area contributed by atoms with Gasteiger partial charge in [-0.1, -0.05) is 6.92 Å². The molecule has 1 aromatic heterocycles. The number of anilines is 2. The minimum Gasteiger partial charge on any atom is -0.383 e. The third-order valence-corrected chi connectivity index (χ3v) is 3.68. The third kappa shape index (κ3) is 3.80. The Labute approximate surface area is 115 Å². The predicted molar refractivity (Wildman–Crippen MR) is 79.2 cm³/mol. The number of nitrogen functional groups attached to an aromatic ring is 1. The fourth-order valence-electron chi connectivity index (χ4n) is 2.56. The van der Waals surface area contributed by atoms with Gasteiger partial charge in [0.05, 0.1) is 0 Å². The summed E-state index contributed by atoms with van der Waals surface area (Å²) in [5.41, 5.74) is 6.80. The van der Waals surface area contributed by atoms with Gasteiger partial charge in [-0.2, -0.15) is 0 Å². The van der Waals surface area contributed by atoms with Crippen LogP contribution in [0.25, 0.3) is 0 Å². The van der Waals surface area contributed by atoms with Gasteiger partial charge < -0.3 is 16.0 Å². The molecule has 1 aliphatic heterocycles. The average molecular weight is 263 g/mol. The van der Waals surface area contributed by atoms with Gasteiger partial charge in [-0.15, -0.1) is 0 Å². The normalized spacial score (nSPS) is 17.6. The SMILES string of the molecule is Cc1nc(N)c(C)c(NCC(C)CN2CCCC2)n1. The summed E-state index contributed by atoms with van der Waals surface area (Å²) in [6.07, 6.45) is 2.70. The first-order valence-electron chi connectivity index (χ1n) is 7.13. The molecule has 0 spiro atoms. The second-order valence-electron chi connectivity index (χ2n) is 5.62. The summed E-state index contributed by atoms with van der Waals surface area (Å²) < 4.78 is 0. The van der Waals surface area contributed by atoms with E-state index in [1.165, 1.54) is 25.9 Å². The Bertz CT molecular complexity index is 426. The molecule has 2 rings (SSSR count). The van der Waals surface area contributed by atoms with Crippen LogP contribution >= 0.6 is 0 Å². The van der Waals surface area contributed by atoms with Gasteiger partial charge in [-0.3, -0.25) is 0 Å². The van der Waals surface area contributed by atoms with Crippen LogP contribution in [0.2, 0.25) is 0 Å². The van der Waals surface area contributed by atoms with E-state index >= 15 is 0 Å². The maximum absolute atomic E-state index is 5.86. The largest absolute Gasteiger partial charge is 0.383 e. The van der Waals surface area contributed by atoms with E-state index in [2.05, 4.69) is 27.1 Å². The molecule has 106 valence electrons. The molecule has 0 aromatic carbocycles. The fraction of sp³-hybridized carbons (Fsp3) is 0.714. The van der Waals surface area contributed by atoms with E-state index in [1.807, 2.05) is 13.8 Å². The van der Waals surface area contributed by atoms with Crippen molar-refractivity contribution in [2.24, 2.45) is 5.92 Å². The maximum atomic E-state index is 5.86. The van der Waals surface area contributed by atoms with E-state index < -0.39 is 0 Å². The fourth-order valence-corrected chi connectivity index (χ4v) is 2.56. The van der Waals surface area contributed by atoms with Crippen molar-refractivity contribution in [3.05, 3.63) is 11.4 Å². The van der Waals surface area contributed by atoms with Crippen LogP contribution in [0.15, 0.2) is 0 Å². The van der Waals surface area contributed by atoms with E-state index in [9.17, 15) is 0 Å². The lowest BCUT2D eigenvalue weighted by Gasteiger charge is -2.21. The molecule has 0 radical (unpaired) electrons. The number of aromatic nitrogens is 2. The summed E-state index contributed by atoms with van der Waals surface area (Å²) in [6.45, 7) is 10.7. The predicted octanol–water partition coefficient (Wildman–Crippen LogP) is 1.82. The Morgan fingerprint density at radius 2 is 1.95 bits per heavy atom. The van der Waals surface area contributed by atoms with Gasteiger partial charge in [-0.25, -0.2) is 9.97 Å². The van der Waals surface area contributed by atoms with Crippen molar-refractivity contribution in [3.8, 4) is 0 Å². The second-order valence-corrected chi connectivity index (χ2v) is 5.62. The van der Waals surface area contributed by atoms with E-state index in [0.717, 1.165) is 30.3 Å². The molecule has 0 saturated carbocycles. The smallest absolute Gasteiger partial charge is 0.134 e. The number of likely N-dealkylation sites (tertiary alicyclic amines) is 1. The lowest BCUT2D eigenvalue weighted by Crippen LogP contribution is -2.29. The second kappa shape index (κ2) is 6.19. The van der Waals surface area contributed by atoms with Crippen molar-refractivity contribution in [3.63, 3.8) is 0 Å². The highest BCUT2D eigenvalue weighted by Crippen LogP contribution is 2.17. The van der Waals surface area contributed by atoms with Crippen molar-refractivity contribution in [1.82, 2.24) is 14.9 Å². The molecule has 0 aliphatic carbocycles. The van der Waals surface area contributed by atoms with E-state index in [1.54, 1.807) is 0 Å². The molecule has 0 amide bonds. The Morgan fingerprint density at radius 3 is 2.63 bits per heavy atom. The van der Waals surface area contributed by atoms with E-state index in [-0.39, 0.29) is 0 Å². The summed E-state index contributed by atoms with van der Waals surface area (Å²) in [7, 11) is 0. The molecular formula is C14H25N5. The first-order valence-corrected chi connectivity index (χ1v) is 7.13. The number of hydrogen-bond acceptors (Lipinski definition) is 5. The zero-order valence-corrected chi connectivity index (χ0v) is 12.2. The molecule has 1 fully saturated rings. The Hall–Kier alpha value is -1.36.